The minimum absolute atomic E-state index is 0.166. The predicted molar refractivity (Wildman–Crippen MR) is 106 cm³/mol. The van der Waals surface area contributed by atoms with Gasteiger partial charge in [-0.1, -0.05) is 29.7 Å². The van der Waals surface area contributed by atoms with E-state index in [0.29, 0.717) is 48.6 Å². The molecule has 0 atom stereocenters. The van der Waals surface area contributed by atoms with Crippen LogP contribution in [0, 0.1) is 0 Å². The number of carbonyl (C=O) groups is 1. The van der Waals surface area contributed by atoms with E-state index < -0.39 is 5.54 Å². The van der Waals surface area contributed by atoms with Gasteiger partial charge in [0.2, 0.25) is 0 Å². The number of ether oxygens (including phenoxy) is 1. The molecule has 0 unspecified atom stereocenters. The van der Waals surface area contributed by atoms with Gasteiger partial charge >= 0.3 is 0 Å². The SMILES string of the molecule is [B]c1ccc(C2(NC(=O)c3cnn4cc(C5CC5)cnc34)CCOCC2)cc1. The van der Waals surface area contributed by atoms with E-state index in [1.165, 1.54) is 18.4 Å². The van der Waals surface area contributed by atoms with Crippen LogP contribution in [0.1, 0.15) is 53.1 Å². The molecule has 28 heavy (non-hydrogen) atoms. The van der Waals surface area contributed by atoms with Crippen LogP contribution in [0.4, 0.5) is 0 Å². The molecule has 1 aliphatic heterocycles. The van der Waals surface area contributed by atoms with E-state index in [0.717, 1.165) is 5.56 Å². The summed E-state index contributed by atoms with van der Waals surface area (Å²) >= 11 is 0. The Morgan fingerprint density at radius 3 is 2.64 bits per heavy atom. The number of hydrogen-bond donors (Lipinski definition) is 1. The lowest BCUT2D eigenvalue weighted by molar-refractivity contribution is 0.0346. The van der Waals surface area contributed by atoms with Crippen molar-refractivity contribution < 1.29 is 9.53 Å². The van der Waals surface area contributed by atoms with Gasteiger partial charge in [-0.2, -0.15) is 5.10 Å². The maximum atomic E-state index is 13.2. The lowest BCUT2D eigenvalue weighted by atomic mass is 9.81. The average molecular weight is 372 g/mol. The van der Waals surface area contributed by atoms with Gasteiger partial charge in [-0.15, -0.1) is 0 Å². The quantitative estimate of drug-likeness (QED) is 0.710. The molecule has 2 radical (unpaired) electrons. The highest BCUT2D eigenvalue weighted by Crippen LogP contribution is 2.39. The molecular formula is C21H21BN4O2. The Kier molecular flexibility index (Phi) is 4.20. The van der Waals surface area contributed by atoms with Gasteiger partial charge in [0.05, 0.1) is 11.7 Å². The van der Waals surface area contributed by atoms with Crippen molar-refractivity contribution in [2.75, 3.05) is 13.2 Å². The third-order valence-corrected chi connectivity index (χ3v) is 5.83. The molecule has 3 heterocycles. The monoisotopic (exact) mass is 372 g/mol. The highest BCUT2D eigenvalue weighted by molar-refractivity contribution is 6.32. The first-order chi connectivity index (χ1) is 13.6. The summed E-state index contributed by atoms with van der Waals surface area (Å²) < 4.78 is 7.26. The van der Waals surface area contributed by atoms with Crippen molar-refractivity contribution in [1.82, 2.24) is 19.9 Å². The molecule has 2 aliphatic rings. The van der Waals surface area contributed by atoms with Crippen LogP contribution >= 0.6 is 0 Å². The molecule has 1 N–H and O–H groups in total. The van der Waals surface area contributed by atoms with Crippen LogP contribution in [0.3, 0.4) is 0 Å². The first kappa shape index (κ1) is 17.4. The minimum Gasteiger partial charge on any atom is -0.381 e. The number of nitrogens with one attached hydrogen (secondary N) is 1. The summed E-state index contributed by atoms with van der Waals surface area (Å²) in [4.78, 5) is 17.7. The predicted octanol–water partition coefficient (Wildman–Crippen LogP) is 1.84. The zero-order chi connectivity index (χ0) is 19.1. The summed E-state index contributed by atoms with van der Waals surface area (Å²) in [6.45, 7) is 1.20. The standard InChI is InChI=1S/C21H21BN4O2/c22-17-5-3-16(4-6-17)21(7-9-28-10-8-21)25-20(27)18-12-24-26-13-15(14-1-2-14)11-23-19(18)26/h3-6,11-14H,1-2,7-10H2,(H,25,27). The molecule has 5 rings (SSSR count). The smallest absolute Gasteiger partial charge is 0.257 e. The average Bonchev–Trinajstić information content (AvgIpc) is 3.48. The summed E-state index contributed by atoms with van der Waals surface area (Å²) in [5, 5.41) is 7.62. The van der Waals surface area contributed by atoms with Gasteiger partial charge in [0, 0.05) is 25.6 Å². The molecule has 140 valence electrons. The van der Waals surface area contributed by atoms with Crippen molar-refractivity contribution in [3.8, 4) is 0 Å². The molecule has 2 fully saturated rings. The van der Waals surface area contributed by atoms with Crippen molar-refractivity contribution in [3.63, 3.8) is 0 Å². The van der Waals surface area contributed by atoms with Crippen LogP contribution in [0.15, 0.2) is 42.9 Å². The minimum atomic E-state index is -0.481. The van der Waals surface area contributed by atoms with E-state index in [2.05, 4.69) is 15.4 Å². The number of amides is 1. The van der Waals surface area contributed by atoms with Gasteiger partial charge in [-0.3, -0.25) is 4.79 Å². The third kappa shape index (κ3) is 3.09. The fourth-order valence-electron chi connectivity index (χ4n) is 3.97. The van der Waals surface area contributed by atoms with E-state index in [1.54, 1.807) is 10.7 Å². The first-order valence-electron chi connectivity index (χ1n) is 9.74. The molecule has 2 aromatic heterocycles. The first-order valence-corrected chi connectivity index (χ1v) is 9.74. The fraction of sp³-hybridized carbons (Fsp3) is 0.381. The summed E-state index contributed by atoms with van der Waals surface area (Å²) in [7, 11) is 5.85. The van der Waals surface area contributed by atoms with Crippen molar-refractivity contribution in [3.05, 3.63) is 59.5 Å². The Balaban J connectivity index is 1.46. The second kappa shape index (κ2) is 6.74. The molecule has 3 aromatic rings. The van der Waals surface area contributed by atoms with E-state index in [1.807, 2.05) is 36.7 Å². The molecular weight excluding hydrogens is 351 g/mol. The lowest BCUT2D eigenvalue weighted by Gasteiger charge is -2.38. The lowest BCUT2D eigenvalue weighted by Crippen LogP contribution is -2.49. The second-order valence-corrected chi connectivity index (χ2v) is 7.76. The van der Waals surface area contributed by atoms with Crippen LogP contribution in [-0.2, 0) is 10.3 Å². The molecule has 1 saturated carbocycles. The maximum Gasteiger partial charge on any atom is 0.257 e. The molecule has 1 amide bonds. The van der Waals surface area contributed by atoms with Crippen LogP contribution in [0.5, 0.6) is 0 Å². The van der Waals surface area contributed by atoms with Gasteiger partial charge in [-0.25, -0.2) is 9.50 Å². The van der Waals surface area contributed by atoms with Crippen molar-refractivity contribution in [1.29, 1.82) is 0 Å². The Labute approximate surface area is 164 Å². The summed E-state index contributed by atoms with van der Waals surface area (Å²) in [6, 6.07) is 7.71. The Hall–Kier alpha value is -2.67. The van der Waals surface area contributed by atoms with Crippen LogP contribution in [0.25, 0.3) is 5.65 Å². The third-order valence-electron chi connectivity index (χ3n) is 5.83. The molecule has 1 aromatic carbocycles. The van der Waals surface area contributed by atoms with E-state index >= 15 is 0 Å². The maximum absolute atomic E-state index is 13.2. The van der Waals surface area contributed by atoms with E-state index in [4.69, 9.17) is 12.6 Å². The largest absolute Gasteiger partial charge is 0.381 e. The van der Waals surface area contributed by atoms with Crippen LogP contribution < -0.4 is 10.8 Å². The zero-order valence-electron chi connectivity index (χ0n) is 15.6. The number of rotatable bonds is 4. The number of benzene rings is 1. The number of fused-ring (bicyclic) bond motifs is 1. The van der Waals surface area contributed by atoms with Crippen molar-refractivity contribution >= 4 is 24.9 Å². The van der Waals surface area contributed by atoms with Gasteiger partial charge in [0.25, 0.3) is 5.91 Å². The molecule has 0 bridgehead atoms. The highest BCUT2D eigenvalue weighted by atomic mass is 16.5. The summed E-state index contributed by atoms with van der Waals surface area (Å²) in [5.41, 5.74) is 3.52. The van der Waals surface area contributed by atoms with Gasteiger partial charge < -0.3 is 10.1 Å². The normalized spacial score (nSPS) is 18.9. The fourth-order valence-corrected chi connectivity index (χ4v) is 3.97. The Morgan fingerprint density at radius 2 is 1.93 bits per heavy atom. The molecule has 7 heteroatoms. The Morgan fingerprint density at radius 1 is 1.18 bits per heavy atom. The van der Waals surface area contributed by atoms with Gasteiger partial charge in [-0.05, 0) is 42.7 Å². The van der Waals surface area contributed by atoms with Crippen molar-refractivity contribution in [2.24, 2.45) is 0 Å². The number of hydrogen-bond acceptors (Lipinski definition) is 4. The molecule has 6 nitrogen and oxygen atoms in total. The number of nitrogens with zero attached hydrogens (tertiary/aromatic N) is 3. The summed E-state index contributed by atoms with van der Waals surface area (Å²) in [5.74, 6) is 0.426. The second-order valence-electron chi connectivity index (χ2n) is 7.76. The van der Waals surface area contributed by atoms with Crippen molar-refractivity contribution in [2.45, 2.75) is 37.1 Å². The van der Waals surface area contributed by atoms with Gasteiger partial charge in [0.15, 0.2) is 5.65 Å². The summed E-state index contributed by atoms with van der Waals surface area (Å²) in [6.07, 6.45) is 9.28. The van der Waals surface area contributed by atoms with Crippen LogP contribution in [-0.4, -0.2) is 41.6 Å². The Bertz CT molecular complexity index is 1020. The molecule has 0 spiro atoms. The molecule has 1 aliphatic carbocycles. The topological polar surface area (TPSA) is 68.5 Å². The highest BCUT2D eigenvalue weighted by Gasteiger charge is 2.37. The molecule has 1 saturated heterocycles. The number of aromatic nitrogens is 3. The zero-order valence-corrected chi connectivity index (χ0v) is 15.6. The van der Waals surface area contributed by atoms with E-state index in [-0.39, 0.29) is 5.91 Å². The van der Waals surface area contributed by atoms with E-state index in [9.17, 15) is 4.79 Å². The number of carbonyl (C=O) groups excluding carboxylic acids is 1. The van der Waals surface area contributed by atoms with Crippen LogP contribution in [0.2, 0.25) is 0 Å². The van der Waals surface area contributed by atoms with Gasteiger partial charge in [0.1, 0.15) is 13.4 Å².